The molecule has 0 aliphatic carbocycles. The normalized spacial score (nSPS) is 10.8. The van der Waals surface area contributed by atoms with Gasteiger partial charge in [-0.25, -0.2) is 5.43 Å². The lowest BCUT2D eigenvalue weighted by Crippen LogP contribution is -2.39. The second-order valence-corrected chi connectivity index (χ2v) is 8.03. The Bertz CT molecular complexity index is 1050. The van der Waals surface area contributed by atoms with E-state index in [0.717, 1.165) is 16.8 Å². The van der Waals surface area contributed by atoms with Gasteiger partial charge in [0, 0.05) is 12.2 Å². The topological polar surface area (TPSA) is 118 Å². The van der Waals surface area contributed by atoms with Crippen molar-refractivity contribution < 1.29 is 23.9 Å². The van der Waals surface area contributed by atoms with Crippen LogP contribution in [-0.4, -0.2) is 43.7 Å². The van der Waals surface area contributed by atoms with Crippen molar-refractivity contribution in [3.05, 3.63) is 53.1 Å². The number of hydrogen-bond acceptors (Lipinski definition) is 6. The highest BCUT2D eigenvalue weighted by Gasteiger charge is 2.13. The van der Waals surface area contributed by atoms with E-state index in [2.05, 4.69) is 21.2 Å². The fourth-order valence-electron chi connectivity index (χ4n) is 2.80. The van der Waals surface area contributed by atoms with Crippen molar-refractivity contribution in [3.63, 3.8) is 0 Å². The van der Waals surface area contributed by atoms with Crippen molar-refractivity contribution >= 4 is 29.6 Å². The number of hydrogen-bond donors (Lipinski definition) is 3. The van der Waals surface area contributed by atoms with Crippen molar-refractivity contribution in [1.82, 2.24) is 10.7 Å². The van der Waals surface area contributed by atoms with Crippen LogP contribution in [0.15, 0.2) is 41.5 Å². The molecule has 0 heterocycles. The molecule has 182 valence electrons. The van der Waals surface area contributed by atoms with E-state index >= 15 is 0 Å². The van der Waals surface area contributed by atoms with Gasteiger partial charge in [-0.05, 0) is 67.6 Å². The molecular formula is C25H32N4O5. The Morgan fingerprint density at radius 2 is 1.79 bits per heavy atom. The Hall–Kier alpha value is -3.88. The molecule has 2 aromatic carbocycles. The number of anilines is 1. The summed E-state index contributed by atoms with van der Waals surface area (Å²) in [6.07, 6.45) is 1.38. The fourth-order valence-corrected chi connectivity index (χ4v) is 2.80. The summed E-state index contributed by atoms with van der Waals surface area (Å²) < 4.78 is 11.3. The molecule has 0 aliphatic heterocycles. The maximum absolute atomic E-state index is 12.4. The monoisotopic (exact) mass is 468 g/mol. The third-order valence-electron chi connectivity index (χ3n) is 4.76. The van der Waals surface area contributed by atoms with Gasteiger partial charge < -0.3 is 20.1 Å². The molecule has 3 N–H and O–H groups in total. The molecule has 0 spiro atoms. The SMILES string of the molecule is CCOc1cc(/C=N\NC(=O)C(=O)NCC(C)C)ccc1OCC(=O)Nc1cccc(C)c1C. The maximum Gasteiger partial charge on any atom is 0.329 e. The number of ether oxygens (including phenoxy) is 2. The van der Waals surface area contributed by atoms with E-state index in [1.807, 2.05) is 52.8 Å². The lowest BCUT2D eigenvalue weighted by atomic mass is 10.1. The van der Waals surface area contributed by atoms with Crippen LogP contribution in [0.5, 0.6) is 11.5 Å². The van der Waals surface area contributed by atoms with Crippen LogP contribution in [0.25, 0.3) is 0 Å². The van der Waals surface area contributed by atoms with Crippen molar-refractivity contribution in [2.24, 2.45) is 11.0 Å². The molecule has 2 aromatic rings. The van der Waals surface area contributed by atoms with Gasteiger partial charge in [-0.3, -0.25) is 14.4 Å². The molecule has 3 amide bonds. The van der Waals surface area contributed by atoms with Crippen molar-refractivity contribution in [2.75, 3.05) is 25.1 Å². The minimum Gasteiger partial charge on any atom is -0.490 e. The third-order valence-corrected chi connectivity index (χ3v) is 4.76. The first kappa shape index (κ1) is 26.4. The van der Waals surface area contributed by atoms with E-state index in [1.165, 1.54) is 6.21 Å². The van der Waals surface area contributed by atoms with Gasteiger partial charge in [0.2, 0.25) is 0 Å². The largest absolute Gasteiger partial charge is 0.490 e. The summed E-state index contributed by atoms with van der Waals surface area (Å²) in [7, 11) is 0. The van der Waals surface area contributed by atoms with Gasteiger partial charge in [-0.15, -0.1) is 0 Å². The molecule has 0 fully saturated rings. The number of carbonyl (C=O) groups excluding carboxylic acids is 3. The number of hydrazone groups is 1. The van der Waals surface area contributed by atoms with Gasteiger partial charge in [0.1, 0.15) is 0 Å². The lowest BCUT2D eigenvalue weighted by Gasteiger charge is -2.14. The molecule has 0 bridgehead atoms. The van der Waals surface area contributed by atoms with Gasteiger partial charge in [0.25, 0.3) is 5.91 Å². The Kier molecular flexibility index (Phi) is 10.1. The number of nitrogens with one attached hydrogen (secondary N) is 3. The molecule has 0 aromatic heterocycles. The molecule has 0 radical (unpaired) electrons. The number of nitrogens with zero attached hydrogens (tertiary/aromatic N) is 1. The first-order valence-electron chi connectivity index (χ1n) is 11.1. The summed E-state index contributed by atoms with van der Waals surface area (Å²) in [5.74, 6) is -0.837. The molecule has 0 aliphatic rings. The number of rotatable bonds is 10. The molecule has 9 nitrogen and oxygen atoms in total. The molecular weight excluding hydrogens is 436 g/mol. The highest BCUT2D eigenvalue weighted by molar-refractivity contribution is 6.35. The minimum atomic E-state index is -0.850. The van der Waals surface area contributed by atoms with Gasteiger partial charge in [0.05, 0.1) is 12.8 Å². The number of aryl methyl sites for hydroxylation is 1. The molecule has 34 heavy (non-hydrogen) atoms. The molecule has 0 saturated carbocycles. The fraction of sp³-hybridized carbons (Fsp3) is 0.360. The van der Waals surface area contributed by atoms with Crippen molar-refractivity contribution in [3.8, 4) is 11.5 Å². The number of amides is 3. The Morgan fingerprint density at radius 3 is 2.50 bits per heavy atom. The molecule has 2 rings (SSSR count). The van der Waals surface area contributed by atoms with Gasteiger partial charge in [0.15, 0.2) is 18.1 Å². The number of carbonyl (C=O) groups is 3. The summed E-state index contributed by atoms with van der Waals surface area (Å²) in [5, 5.41) is 9.17. The van der Waals surface area contributed by atoms with E-state index in [1.54, 1.807) is 18.2 Å². The average molecular weight is 469 g/mol. The summed E-state index contributed by atoms with van der Waals surface area (Å²) in [5.41, 5.74) is 5.62. The maximum atomic E-state index is 12.4. The molecule has 9 heteroatoms. The van der Waals surface area contributed by atoms with Crippen LogP contribution in [0.4, 0.5) is 5.69 Å². The van der Waals surface area contributed by atoms with E-state index in [4.69, 9.17) is 9.47 Å². The predicted molar refractivity (Wildman–Crippen MR) is 131 cm³/mol. The zero-order valence-electron chi connectivity index (χ0n) is 20.2. The van der Waals surface area contributed by atoms with Crippen LogP contribution in [0.2, 0.25) is 0 Å². The van der Waals surface area contributed by atoms with Crippen LogP contribution >= 0.6 is 0 Å². The zero-order valence-corrected chi connectivity index (χ0v) is 20.2. The smallest absolute Gasteiger partial charge is 0.329 e. The predicted octanol–water partition coefficient (Wildman–Crippen LogP) is 2.94. The first-order chi connectivity index (χ1) is 16.2. The van der Waals surface area contributed by atoms with Crippen LogP contribution in [0.3, 0.4) is 0 Å². The number of benzene rings is 2. The van der Waals surface area contributed by atoms with Crippen LogP contribution in [0.1, 0.15) is 37.5 Å². The first-order valence-corrected chi connectivity index (χ1v) is 11.1. The highest BCUT2D eigenvalue weighted by Crippen LogP contribution is 2.28. The highest BCUT2D eigenvalue weighted by atomic mass is 16.5. The third kappa shape index (κ3) is 8.23. The summed E-state index contributed by atoms with van der Waals surface area (Å²) in [6.45, 7) is 10.2. The minimum absolute atomic E-state index is 0.192. The summed E-state index contributed by atoms with van der Waals surface area (Å²) in [6, 6.07) is 10.7. The quantitative estimate of drug-likeness (QED) is 0.282. The average Bonchev–Trinajstić information content (AvgIpc) is 2.80. The summed E-state index contributed by atoms with van der Waals surface area (Å²) >= 11 is 0. The van der Waals surface area contributed by atoms with Crippen molar-refractivity contribution in [2.45, 2.75) is 34.6 Å². The second kappa shape index (κ2) is 13.0. The Morgan fingerprint density at radius 1 is 1.03 bits per heavy atom. The standard InChI is InChI=1S/C25H32N4O5/c1-6-33-22-12-19(14-27-29-25(32)24(31)26-13-16(2)3)10-11-21(22)34-15-23(30)28-20-9-7-8-17(4)18(20)5/h7-12,14,16H,6,13,15H2,1-5H3,(H,26,31)(H,28,30)(H,29,32)/b27-14-. The zero-order chi connectivity index (χ0) is 25.1. The van der Waals surface area contributed by atoms with Gasteiger partial charge >= 0.3 is 11.8 Å². The summed E-state index contributed by atoms with van der Waals surface area (Å²) in [4.78, 5) is 35.8. The van der Waals surface area contributed by atoms with E-state index in [0.29, 0.717) is 30.2 Å². The van der Waals surface area contributed by atoms with E-state index in [-0.39, 0.29) is 18.4 Å². The van der Waals surface area contributed by atoms with Gasteiger partial charge in [-0.1, -0.05) is 26.0 Å². The Labute approximate surface area is 199 Å². The van der Waals surface area contributed by atoms with Crippen LogP contribution in [-0.2, 0) is 14.4 Å². The lowest BCUT2D eigenvalue weighted by molar-refractivity contribution is -0.139. The molecule has 0 saturated heterocycles. The molecule has 0 unspecified atom stereocenters. The Balaban J connectivity index is 1.97. The molecule has 0 atom stereocenters. The van der Waals surface area contributed by atoms with E-state index < -0.39 is 11.8 Å². The van der Waals surface area contributed by atoms with Crippen molar-refractivity contribution in [1.29, 1.82) is 0 Å². The van der Waals surface area contributed by atoms with Crippen LogP contribution < -0.4 is 25.5 Å². The van der Waals surface area contributed by atoms with Gasteiger partial charge in [-0.2, -0.15) is 5.10 Å². The van der Waals surface area contributed by atoms with E-state index in [9.17, 15) is 14.4 Å². The van der Waals surface area contributed by atoms with Crippen LogP contribution in [0, 0.1) is 19.8 Å². The second-order valence-electron chi connectivity index (χ2n) is 8.03.